The highest BCUT2D eigenvalue weighted by atomic mass is 16.4. The Balaban J connectivity index is 1.75. The number of rotatable bonds is 10. The molecule has 1 aromatic heterocycles. The molecule has 1 atom stereocenters. The minimum Gasteiger partial charge on any atom is -0.481 e. The van der Waals surface area contributed by atoms with Gasteiger partial charge in [-0.25, -0.2) is 4.98 Å². The van der Waals surface area contributed by atoms with E-state index in [4.69, 9.17) is 10.1 Å². The third kappa shape index (κ3) is 6.82. The van der Waals surface area contributed by atoms with Crippen LogP contribution in [0.4, 0.5) is 5.82 Å². The quantitative estimate of drug-likeness (QED) is 0.578. The van der Waals surface area contributed by atoms with Crippen molar-refractivity contribution in [3.8, 4) is 0 Å². The molecule has 1 unspecified atom stereocenters. The number of aryl methyl sites for hydroxylation is 2. The number of pyridine rings is 1. The molecule has 3 N–H and O–H groups in total. The Bertz CT molecular complexity index is 636. The highest BCUT2D eigenvalue weighted by molar-refractivity contribution is 5.79. The first kappa shape index (κ1) is 21.2. The van der Waals surface area contributed by atoms with E-state index in [2.05, 4.69) is 34.6 Å². The van der Waals surface area contributed by atoms with Gasteiger partial charge in [-0.05, 0) is 56.8 Å². The SMILES string of the molecule is CCc1ccc(CCCN2CCCC(C(=O)NCCC(=O)O)C2)nc1NC. The van der Waals surface area contributed by atoms with E-state index in [1.807, 2.05) is 7.05 Å². The van der Waals surface area contributed by atoms with Crippen LogP contribution >= 0.6 is 0 Å². The Hall–Kier alpha value is -2.15. The van der Waals surface area contributed by atoms with Gasteiger partial charge in [-0.15, -0.1) is 0 Å². The molecule has 1 aromatic rings. The van der Waals surface area contributed by atoms with Gasteiger partial charge in [0.2, 0.25) is 5.91 Å². The Morgan fingerprint density at radius 2 is 2.19 bits per heavy atom. The summed E-state index contributed by atoms with van der Waals surface area (Å²) < 4.78 is 0. The summed E-state index contributed by atoms with van der Waals surface area (Å²) in [5.74, 6) is 0.0236. The number of nitrogens with one attached hydrogen (secondary N) is 2. The van der Waals surface area contributed by atoms with Gasteiger partial charge in [0.05, 0.1) is 12.3 Å². The summed E-state index contributed by atoms with van der Waals surface area (Å²) in [6.45, 7) is 5.05. The number of carbonyl (C=O) groups excluding carboxylic acids is 1. The van der Waals surface area contributed by atoms with Crippen LogP contribution in [0.5, 0.6) is 0 Å². The van der Waals surface area contributed by atoms with Crippen molar-refractivity contribution < 1.29 is 14.7 Å². The predicted octanol–water partition coefficient (Wildman–Crippen LogP) is 1.92. The number of carbonyl (C=O) groups is 2. The first-order valence-corrected chi connectivity index (χ1v) is 9.91. The van der Waals surface area contributed by atoms with Crippen LogP contribution in [-0.4, -0.2) is 60.1 Å². The summed E-state index contributed by atoms with van der Waals surface area (Å²) in [5.41, 5.74) is 2.32. The van der Waals surface area contributed by atoms with Gasteiger partial charge in [0.1, 0.15) is 5.82 Å². The molecule has 1 aliphatic rings. The lowest BCUT2D eigenvalue weighted by atomic mass is 9.97. The molecular weight excluding hydrogens is 344 g/mol. The number of hydrogen-bond donors (Lipinski definition) is 3. The first-order chi connectivity index (χ1) is 13.0. The Kier molecular flexibility index (Phi) is 8.51. The molecule has 1 fully saturated rings. The third-order valence-electron chi connectivity index (χ3n) is 5.08. The molecule has 0 aliphatic carbocycles. The fourth-order valence-electron chi connectivity index (χ4n) is 3.56. The lowest BCUT2D eigenvalue weighted by Crippen LogP contribution is -2.43. The van der Waals surface area contributed by atoms with E-state index in [-0.39, 0.29) is 24.8 Å². The van der Waals surface area contributed by atoms with Crippen molar-refractivity contribution >= 4 is 17.7 Å². The van der Waals surface area contributed by atoms with Crippen LogP contribution in [0.15, 0.2) is 12.1 Å². The van der Waals surface area contributed by atoms with Crippen LogP contribution < -0.4 is 10.6 Å². The topological polar surface area (TPSA) is 94.6 Å². The zero-order valence-electron chi connectivity index (χ0n) is 16.5. The molecule has 2 heterocycles. The second-order valence-corrected chi connectivity index (χ2v) is 7.09. The molecule has 0 radical (unpaired) electrons. The van der Waals surface area contributed by atoms with Crippen LogP contribution in [0, 0.1) is 5.92 Å². The number of anilines is 1. The van der Waals surface area contributed by atoms with Gasteiger partial charge in [0.25, 0.3) is 0 Å². The number of aliphatic carboxylic acids is 1. The summed E-state index contributed by atoms with van der Waals surface area (Å²) in [4.78, 5) is 29.8. The van der Waals surface area contributed by atoms with Crippen LogP contribution in [0.1, 0.15) is 43.9 Å². The monoisotopic (exact) mass is 376 g/mol. The van der Waals surface area contributed by atoms with Gasteiger partial charge in [-0.3, -0.25) is 9.59 Å². The molecular formula is C20H32N4O3. The number of aromatic nitrogens is 1. The molecule has 27 heavy (non-hydrogen) atoms. The first-order valence-electron chi connectivity index (χ1n) is 9.91. The maximum absolute atomic E-state index is 12.2. The van der Waals surface area contributed by atoms with Gasteiger partial charge in [0.15, 0.2) is 0 Å². The Morgan fingerprint density at radius 3 is 2.89 bits per heavy atom. The third-order valence-corrected chi connectivity index (χ3v) is 5.08. The number of piperidine rings is 1. The van der Waals surface area contributed by atoms with Crippen molar-refractivity contribution in [1.29, 1.82) is 0 Å². The smallest absolute Gasteiger partial charge is 0.305 e. The summed E-state index contributed by atoms with van der Waals surface area (Å²) in [7, 11) is 1.90. The number of carboxylic acid groups (broad SMARTS) is 1. The number of hydrogen-bond acceptors (Lipinski definition) is 5. The average Bonchev–Trinajstić information content (AvgIpc) is 2.67. The van der Waals surface area contributed by atoms with Crippen LogP contribution in [-0.2, 0) is 22.4 Å². The van der Waals surface area contributed by atoms with Crippen molar-refractivity contribution in [2.75, 3.05) is 38.5 Å². The van der Waals surface area contributed by atoms with E-state index in [0.29, 0.717) is 0 Å². The van der Waals surface area contributed by atoms with E-state index in [1.54, 1.807) is 0 Å². The molecule has 0 saturated carbocycles. The van der Waals surface area contributed by atoms with Crippen molar-refractivity contribution in [3.63, 3.8) is 0 Å². The van der Waals surface area contributed by atoms with Crippen LogP contribution in [0.2, 0.25) is 0 Å². The van der Waals surface area contributed by atoms with Gasteiger partial charge >= 0.3 is 5.97 Å². The van der Waals surface area contributed by atoms with Gasteiger partial charge in [0, 0.05) is 25.8 Å². The molecule has 7 heteroatoms. The molecule has 0 bridgehead atoms. The van der Waals surface area contributed by atoms with Crippen molar-refractivity contribution in [3.05, 3.63) is 23.4 Å². The Morgan fingerprint density at radius 1 is 1.37 bits per heavy atom. The summed E-state index contributed by atoms with van der Waals surface area (Å²) in [5, 5.41) is 14.6. The van der Waals surface area contributed by atoms with Gasteiger partial charge in [-0.2, -0.15) is 0 Å². The molecule has 1 amide bonds. The van der Waals surface area contributed by atoms with Crippen molar-refractivity contribution in [1.82, 2.24) is 15.2 Å². The van der Waals surface area contributed by atoms with E-state index in [9.17, 15) is 9.59 Å². The van der Waals surface area contributed by atoms with Gasteiger partial charge in [-0.1, -0.05) is 13.0 Å². The predicted molar refractivity (Wildman–Crippen MR) is 106 cm³/mol. The minimum absolute atomic E-state index is 0.0172. The van der Waals surface area contributed by atoms with E-state index < -0.39 is 5.97 Å². The van der Waals surface area contributed by atoms with Crippen LogP contribution in [0.3, 0.4) is 0 Å². The summed E-state index contributed by atoms with van der Waals surface area (Å²) >= 11 is 0. The molecule has 1 saturated heterocycles. The highest BCUT2D eigenvalue weighted by Crippen LogP contribution is 2.18. The number of nitrogens with zero attached hydrogens (tertiary/aromatic N) is 2. The Labute approximate surface area is 161 Å². The molecule has 1 aliphatic heterocycles. The zero-order valence-corrected chi connectivity index (χ0v) is 16.5. The van der Waals surface area contributed by atoms with E-state index in [0.717, 1.165) is 63.3 Å². The summed E-state index contributed by atoms with van der Waals surface area (Å²) in [6.07, 6.45) is 4.75. The normalized spacial score (nSPS) is 17.5. The molecule has 150 valence electrons. The molecule has 7 nitrogen and oxygen atoms in total. The maximum atomic E-state index is 12.2. The van der Waals surface area contributed by atoms with Crippen LogP contribution in [0.25, 0.3) is 0 Å². The lowest BCUT2D eigenvalue weighted by Gasteiger charge is -2.32. The average molecular weight is 377 g/mol. The fourth-order valence-corrected chi connectivity index (χ4v) is 3.56. The van der Waals surface area contributed by atoms with Gasteiger partial charge < -0.3 is 20.6 Å². The van der Waals surface area contributed by atoms with Crippen molar-refractivity contribution in [2.45, 2.75) is 45.4 Å². The lowest BCUT2D eigenvalue weighted by molar-refractivity contribution is -0.137. The van der Waals surface area contributed by atoms with E-state index >= 15 is 0 Å². The summed E-state index contributed by atoms with van der Waals surface area (Å²) in [6, 6.07) is 4.25. The second kappa shape index (κ2) is 10.9. The maximum Gasteiger partial charge on any atom is 0.305 e. The molecule has 2 rings (SSSR count). The molecule has 0 spiro atoms. The largest absolute Gasteiger partial charge is 0.481 e. The number of amides is 1. The number of likely N-dealkylation sites (tertiary alicyclic amines) is 1. The highest BCUT2D eigenvalue weighted by Gasteiger charge is 2.25. The number of carboxylic acids is 1. The fraction of sp³-hybridized carbons (Fsp3) is 0.650. The standard InChI is InChI=1S/C20H32N4O3/c1-3-15-8-9-17(23-19(15)21-2)7-5-13-24-12-4-6-16(14-24)20(27)22-11-10-18(25)26/h8-9,16H,3-7,10-14H2,1-2H3,(H,21,23)(H,22,27)(H,25,26). The van der Waals surface area contributed by atoms with E-state index in [1.165, 1.54) is 5.56 Å². The molecule has 0 aromatic carbocycles. The van der Waals surface area contributed by atoms with Crippen molar-refractivity contribution in [2.24, 2.45) is 5.92 Å². The zero-order chi connectivity index (χ0) is 19.6. The second-order valence-electron chi connectivity index (χ2n) is 7.09. The minimum atomic E-state index is -0.886.